The number of hydrogen-bond donors (Lipinski definition) is 1. The second kappa shape index (κ2) is 8.06. The third kappa shape index (κ3) is 5.48. The van der Waals surface area contributed by atoms with Gasteiger partial charge in [-0.2, -0.15) is 5.26 Å². The third-order valence-electron chi connectivity index (χ3n) is 3.16. The zero-order chi connectivity index (χ0) is 13.4. The van der Waals surface area contributed by atoms with Crippen LogP contribution in [-0.2, 0) is 4.79 Å². The molecule has 0 aromatic rings. The van der Waals surface area contributed by atoms with Crippen molar-refractivity contribution < 1.29 is 4.79 Å². The molecule has 0 atom stereocenters. The van der Waals surface area contributed by atoms with E-state index in [1.807, 2.05) is 4.90 Å². The highest BCUT2D eigenvalue weighted by molar-refractivity contribution is 5.76. The number of rotatable bonds is 6. The van der Waals surface area contributed by atoms with Crippen LogP contribution in [0.15, 0.2) is 0 Å². The second-order valence-corrected chi connectivity index (χ2v) is 4.99. The monoisotopic (exact) mass is 252 g/mol. The Kier molecular flexibility index (Phi) is 6.69. The number of piperazine rings is 1. The van der Waals surface area contributed by atoms with E-state index in [-0.39, 0.29) is 5.91 Å². The summed E-state index contributed by atoms with van der Waals surface area (Å²) < 4.78 is 0. The van der Waals surface area contributed by atoms with Crippen LogP contribution in [0.4, 0.5) is 0 Å². The Hall–Kier alpha value is -1.12. The SMILES string of the molecule is CC(C)NCCC(=O)N1CCN(CCC#N)CC1. The van der Waals surface area contributed by atoms with Crippen LogP contribution in [-0.4, -0.2) is 61.0 Å². The number of carbonyl (C=O) groups is 1. The van der Waals surface area contributed by atoms with Crippen molar-refractivity contribution in [1.29, 1.82) is 5.26 Å². The van der Waals surface area contributed by atoms with Gasteiger partial charge >= 0.3 is 0 Å². The van der Waals surface area contributed by atoms with Crippen molar-refractivity contribution in [1.82, 2.24) is 15.1 Å². The Morgan fingerprint density at radius 3 is 2.56 bits per heavy atom. The smallest absolute Gasteiger partial charge is 0.223 e. The van der Waals surface area contributed by atoms with Gasteiger partial charge in [-0.3, -0.25) is 9.69 Å². The van der Waals surface area contributed by atoms with Crippen LogP contribution in [0.25, 0.3) is 0 Å². The molecule has 0 aromatic carbocycles. The van der Waals surface area contributed by atoms with Crippen molar-refractivity contribution in [2.75, 3.05) is 39.3 Å². The minimum atomic E-state index is 0.239. The van der Waals surface area contributed by atoms with Crippen molar-refractivity contribution in [3.8, 4) is 6.07 Å². The highest BCUT2D eigenvalue weighted by atomic mass is 16.2. The van der Waals surface area contributed by atoms with Crippen LogP contribution in [0, 0.1) is 11.3 Å². The molecule has 5 heteroatoms. The van der Waals surface area contributed by atoms with Gasteiger partial charge in [0.2, 0.25) is 5.91 Å². The minimum Gasteiger partial charge on any atom is -0.340 e. The van der Waals surface area contributed by atoms with Gasteiger partial charge in [0.1, 0.15) is 0 Å². The summed E-state index contributed by atoms with van der Waals surface area (Å²) >= 11 is 0. The Morgan fingerprint density at radius 2 is 2.00 bits per heavy atom. The summed E-state index contributed by atoms with van der Waals surface area (Å²) in [7, 11) is 0. The van der Waals surface area contributed by atoms with Gasteiger partial charge < -0.3 is 10.2 Å². The van der Waals surface area contributed by atoms with E-state index in [1.165, 1.54) is 0 Å². The van der Waals surface area contributed by atoms with E-state index >= 15 is 0 Å². The van der Waals surface area contributed by atoms with Gasteiger partial charge in [-0.15, -0.1) is 0 Å². The number of nitriles is 1. The van der Waals surface area contributed by atoms with E-state index in [1.54, 1.807) is 0 Å². The molecule has 0 saturated carbocycles. The first-order valence-corrected chi connectivity index (χ1v) is 6.74. The van der Waals surface area contributed by atoms with Crippen LogP contribution >= 0.6 is 0 Å². The Bertz CT molecular complexity index is 290. The fraction of sp³-hybridized carbons (Fsp3) is 0.846. The van der Waals surface area contributed by atoms with Gasteiger partial charge in [0.05, 0.1) is 6.07 Å². The lowest BCUT2D eigenvalue weighted by atomic mass is 10.2. The lowest BCUT2D eigenvalue weighted by molar-refractivity contribution is -0.132. The summed E-state index contributed by atoms with van der Waals surface area (Å²) in [6.45, 7) is 9.13. The molecule has 0 radical (unpaired) electrons. The number of hydrogen-bond acceptors (Lipinski definition) is 4. The molecule has 1 aliphatic rings. The van der Waals surface area contributed by atoms with Crippen LogP contribution < -0.4 is 5.32 Å². The average Bonchev–Trinajstić information content (AvgIpc) is 2.36. The van der Waals surface area contributed by atoms with Gasteiger partial charge in [-0.05, 0) is 0 Å². The lowest BCUT2D eigenvalue weighted by Gasteiger charge is -2.34. The van der Waals surface area contributed by atoms with Gasteiger partial charge in [0.15, 0.2) is 0 Å². The summed E-state index contributed by atoms with van der Waals surface area (Å²) in [6.07, 6.45) is 1.16. The van der Waals surface area contributed by atoms with E-state index in [9.17, 15) is 4.79 Å². The molecular formula is C13H24N4O. The van der Waals surface area contributed by atoms with Gasteiger partial charge in [-0.25, -0.2) is 0 Å². The van der Waals surface area contributed by atoms with Gasteiger partial charge in [0, 0.05) is 58.2 Å². The maximum Gasteiger partial charge on any atom is 0.223 e. The Labute approximate surface area is 110 Å². The Morgan fingerprint density at radius 1 is 1.33 bits per heavy atom. The van der Waals surface area contributed by atoms with Crippen LogP contribution in [0.5, 0.6) is 0 Å². The molecule has 1 saturated heterocycles. The molecule has 0 aliphatic carbocycles. The highest BCUT2D eigenvalue weighted by Gasteiger charge is 2.20. The first kappa shape index (κ1) is 14.9. The fourth-order valence-electron chi connectivity index (χ4n) is 2.05. The summed E-state index contributed by atoms with van der Waals surface area (Å²) in [5.74, 6) is 0.239. The van der Waals surface area contributed by atoms with E-state index in [4.69, 9.17) is 5.26 Å². The Balaban J connectivity index is 2.17. The van der Waals surface area contributed by atoms with Crippen LogP contribution in [0.2, 0.25) is 0 Å². The van der Waals surface area contributed by atoms with Crippen LogP contribution in [0.3, 0.4) is 0 Å². The molecule has 0 unspecified atom stereocenters. The molecule has 1 aliphatic heterocycles. The zero-order valence-electron chi connectivity index (χ0n) is 11.5. The molecule has 1 heterocycles. The van der Waals surface area contributed by atoms with Crippen molar-refractivity contribution in [3.63, 3.8) is 0 Å². The number of amides is 1. The molecule has 5 nitrogen and oxygen atoms in total. The van der Waals surface area contributed by atoms with E-state index in [2.05, 4.69) is 30.1 Å². The lowest BCUT2D eigenvalue weighted by Crippen LogP contribution is -2.49. The molecule has 1 amide bonds. The maximum absolute atomic E-state index is 11.9. The van der Waals surface area contributed by atoms with Crippen molar-refractivity contribution in [3.05, 3.63) is 0 Å². The number of nitrogens with one attached hydrogen (secondary N) is 1. The number of nitrogens with zero attached hydrogens (tertiary/aromatic N) is 3. The van der Waals surface area contributed by atoms with Crippen molar-refractivity contribution >= 4 is 5.91 Å². The second-order valence-electron chi connectivity index (χ2n) is 4.99. The first-order valence-electron chi connectivity index (χ1n) is 6.74. The summed E-state index contributed by atoms with van der Waals surface area (Å²) in [5, 5.41) is 11.8. The summed E-state index contributed by atoms with van der Waals surface area (Å²) in [6, 6.07) is 2.59. The van der Waals surface area contributed by atoms with Crippen molar-refractivity contribution in [2.45, 2.75) is 32.7 Å². The normalized spacial score (nSPS) is 16.9. The zero-order valence-corrected chi connectivity index (χ0v) is 11.5. The highest BCUT2D eigenvalue weighted by Crippen LogP contribution is 2.04. The predicted molar refractivity (Wildman–Crippen MR) is 71.0 cm³/mol. The van der Waals surface area contributed by atoms with Gasteiger partial charge in [-0.1, -0.05) is 13.8 Å². The average molecular weight is 252 g/mol. The van der Waals surface area contributed by atoms with E-state index in [0.717, 1.165) is 39.3 Å². The molecule has 0 aromatic heterocycles. The molecule has 1 rings (SSSR count). The molecule has 102 valence electrons. The van der Waals surface area contributed by atoms with E-state index in [0.29, 0.717) is 18.9 Å². The number of carbonyl (C=O) groups excluding carboxylic acids is 1. The predicted octanol–water partition coefficient (Wildman–Crippen LogP) is 0.432. The molecule has 0 spiro atoms. The minimum absolute atomic E-state index is 0.239. The molecule has 0 bridgehead atoms. The largest absolute Gasteiger partial charge is 0.340 e. The molecule has 1 N–H and O–H groups in total. The van der Waals surface area contributed by atoms with E-state index < -0.39 is 0 Å². The maximum atomic E-state index is 11.9. The summed E-state index contributed by atoms with van der Waals surface area (Å²) in [4.78, 5) is 16.1. The summed E-state index contributed by atoms with van der Waals surface area (Å²) in [5.41, 5.74) is 0. The quantitative estimate of drug-likeness (QED) is 0.745. The topological polar surface area (TPSA) is 59.4 Å². The third-order valence-corrected chi connectivity index (χ3v) is 3.16. The molecule has 18 heavy (non-hydrogen) atoms. The molecular weight excluding hydrogens is 228 g/mol. The van der Waals surface area contributed by atoms with Gasteiger partial charge in [0.25, 0.3) is 0 Å². The fourth-order valence-corrected chi connectivity index (χ4v) is 2.05. The van der Waals surface area contributed by atoms with Crippen LogP contribution in [0.1, 0.15) is 26.7 Å². The molecule has 1 fully saturated rings. The standard InChI is InChI=1S/C13H24N4O/c1-12(2)15-6-4-13(18)17-10-8-16(9-11-17)7-3-5-14/h12,15H,3-4,6-11H2,1-2H3. The first-order chi connectivity index (χ1) is 8.63. The van der Waals surface area contributed by atoms with Crippen molar-refractivity contribution in [2.24, 2.45) is 0 Å².